The molecular weight excluding hydrogens is 501 g/mol. The number of carbonyl (C=O) groups excluding carboxylic acids is 1. The Balaban J connectivity index is 1.31. The van der Waals surface area contributed by atoms with E-state index >= 15 is 0 Å². The van der Waals surface area contributed by atoms with Crippen molar-refractivity contribution in [3.8, 4) is 17.1 Å². The molecule has 2 aromatic heterocycles. The summed E-state index contributed by atoms with van der Waals surface area (Å²) in [5.41, 5.74) is 0.901. The molecule has 0 saturated carbocycles. The van der Waals surface area contributed by atoms with E-state index in [2.05, 4.69) is 14.9 Å². The SMILES string of the molecule is COc1cccc(-c2ncc3c(n2)n(C)c(=O)n3C(=O)N2CCN(Cc3ccc(C(F)(F)F)cc3)CC2)c1. The van der Waals surface area contributed by atoms with E-state index in [1.165, 1.54) is 22.9 Å². The van der Waals surface area contributed by atoms with Crippen LogP contribution in [0.4, 0.5) is 18.0 Å². The minimum atomic E-state index is -4.37. The maximum absolute atomic E-state index is 13.4. The minimum absolute atomic E-state index is 0.307. The molecule has 12 heteroatoms. The summed E-state index contributed by atoms with van der Waals surface area (Å²) in [7, 11) is 3.12. The number of carbonyl (C=O) groups is 1. The number of benzene rings is 2. The van der Waals surface area contributed by atoms with Gasteiger partial charge in [0.05, 0.1) is 18.9 Å². The third-order valence-electron chi connectivity index (χ3n) is 6.64. The molecule has 0 radical (unpaired) electrons. The Hall–Kier alpha value is -4.19. The molecule has 1 aliphatic heterocycles. The number of alkyl halides is 3. The molecule has 3 heterocycles. The summed E-state index contributed by atoms with van der Waals surface area (Å²) in [4.78, 5) is 38.9. The van der Waals surface area contributed by atoms with E-state index in [4.69, 9.17) is 4.74 Å². The lowest BCUT2D eigenvalue weighted by Gasteiger charge is -2.34. The summed E-state index contributed by atoms with van der Waals surface area (Å²) in [5.74, 6) is 1.04. The van der Waals surface area contributed by atoms with Crippen LogP contribution in [-0.2, 0) is 19.8 Å². The molecule has 0 spiro atoms. The molecule has 1 fully saturated rings. The van der Waals surface area contributed by atoms with Gasteiger partial charge in [0.2, 0.25) is 0 Å². The van der Waals surface area contributed by atoms with Crippen LogP contribution in [0.25, 0.3) is 22.6 Å². The fraction of sp³-hybridized carbons (Fsp3) is 0.308. The molecule has 0 unspecified atom stereocenters. The molecule has 0 N–H and O–H groups in total. The zero-order valence-corrected chi connectivity index (χ0v) is 20.8. The average Bonchev–Trinajstić information content (AvgIpc) is 3.17. The number of imidazole rings is 1. The van der Waals surface area contributed by atoms with Gasteiger partial charge in [0.25, 0.3) is 0 Å². The van der Waals surface area contributed by atoms with E-state index in [1.54, 1.807) is 31.2 Å². The molecule has 38 heavy (non-hydrogen) atoms. The lowest BCUT2D eigenvalue weighted by Crippen LogP contribution is -2.51. The van der Waals surface area contributed by atoms with Gasteiger partial charge in [0.1, 0.15) is 11.3 Å². The van der Waals surface area contributed by atoms with E-state index in [-0.39, 0.29) is 0 Å². The van der Waals surface area contributed by atoms with Gasteiger partial charge in [-0.15, -0.1) is 0 Å². The van der Waals surface area contributed by atoms with Crippen LogP contribution < -0.4 is 10.4 Å². The number of methoxy groups -OCH3 is 1. The molecule has 1 amide bonds. The molecule has 5 rings (SSSR count). The Morgan fingerprint density at radius 1 is 1.05 bits per heavy atom. The second kappa shape index (κ2) is 9.93. The summed E-state index contributed by atoms with van der Waals surface area (Å²) in [6.45, 7) is 2.23. The number of aromatic nitrogens is 4. The highest BCUT2D eigenvalue weighted by molar-refractivity contribution is 5.88. The second-order valence-corrected chi connectivity index (χ2v) is 9.05. The molecule has 1 saturated heterocycles. The molecule has 1 aliphatic rings. The fourth-order valence-electron chi connectivity index (χ4n) is 4.50. The van der Waals surface area contributed by atoms with Crippen LogP contribution in [0.2, 0.25) is 0 Å². The van der Waals surface area contributed by atoms with Gasteiger partial charge >= 0.3 is 17.9 Å². The number of ether oxygens (including phenoxy) is 1. The number of piperazine rings is 1. The number of fused-ring (bicyclic) bond motifs is 1. The summed E-state index contributed by atoms with van der Waals surface area (Å²) in [6, 6.07) is 11.8. The van der Waals surface area contributed by atoms with Gasteiger partial charge in [-0.3, -0.25) is 9.47 Å². The fourth-order valence-corrected chi connectivity index (χ4v) is 4.50. The van der Waals surface area contributed by atoms with Crippen LogP contribution in [0.5, 0.6) is 5.75 Å². The summed E-state index contributed by atoms with van der Waals surface area (Å²) in [5, 5.41) is 0. The van der Waals surface area contributed by atoms with Gasteiger partial charge in [-0.1, -0.05) is 24.3 Å². The maximum Gasteiger partial charge on any atom is 0.416 e. The summed E-state index contributed by atoms with van der Waals surface area (Å²) >= 11 is 0. The third-order valence-corrected chi connectivity index (χ3v) is 6.64. The van der Waals surface area contributed by atoms with Crippen molar-refractivity contribution in [3.05, 3.63) is 76.3 Å². The highest BCUT2D eigenvalue weighted by Gasteiger charge is 2.30. The predicted molar refractivity (Wildman–Crippen MR) is 134 cm³/mol. The van der Waals surface area contributed by atoms with E-state index in [0.29, 0.717) is 61.0 Å². The molecule has 0 aliphatic carbocycles. The molecule has 9 nitrogen and oxygen atoms in total. The Labute approximate surface area is 215 Å². The predicted octanol–water partition coefficient (Wildman–Crippen LogP) is 3.61. The van der Waals surface area contributed by atoms with Crippen molar-refractivity contribution >= 4 is 17.2 Å². The second-order valence-electron chi connectivity index (χ2n) is 9.05. The monoisotopic (exact) mass is 526 g/mol. The van der Waals surface area contributed by atoms with Crippen molar-refractivity contribution in [1.82, 2.24) is 28.9 Å². The van der Waals surface area contributed by atoms with E-state index in [9.17, 15) is 22.8 Å². The van der Waals surface area contributed by atoms with Crippen molar-refractivity contribution in [2.24, 2.45) is 7.05 Å². The van der Waals surface area contributed by atoms with Crippen LogP contribution in [0.1, 0.15) is 11.1 Å². The largest absolute Gasteiger partial charge is 0.497 e. The van der Waals surface area contributed by atoms with Crippen LogP contribution in [0, 0.1) is 0 Å². The lowest BCUT2D eigenvalue weighted by molar-refractivity contribution is -0.137. The van der Waals surface area contributed by atoms with Crippen LogP contribution in [0.15, 0.2) is 59.5 Å². The highest BCUT2D eigenvalue weighted by atomic mass is 19.4. The Morgan fingerprint density at radius 2 is 1.76 bits per heavy atom. The topological polar surface area (TPSA) is 85.5 Å². The Morgan fingerprint density at radius 3 is 2.42 bits per heavy atom. The Kier molecular flexibility index (Phi) is 6.66. The molecular formula is C26H25F3N6O3. The Bertz CT molecular complexity index is 1540. The lowest BCUT2D eigenvalue weighted by atomic mass is 10.1. The van der Waals surface area contributed by atoms with Gasteiger partial charge < -0.3 is 9.64 Å². The van der Waals surface area contributed by atoms with Crippen LogP contribution in [0.3, 0.4) is 0 Å². The summed E-state index contributed by atoms with van der Waals surface area (Å²) in [6.07, 6.45) is -2.90. The molecule has 2 aromatic carbocycles. The molecule has 0 bridgehead atoms. The number of amides is 1. The van der Waals surface area contributed by atoms with E-state index < -0.39 is 23.5 Å². The number of nitrogens with zero attached hydrogens (tertiary/aromatic N) is 6. The smallest absolute Gasteiger partial charge is 0.416 e. The van der Waals surface area contributed by atoms with Crippen molar-refractivity contribution < 1.29 is 22.7 Å². The number of aryl methyl sites for hydroxylation is 1. The first-order valence-electron chi connectivity index (χ1n) is 11.9. The van der Waals surface area contributed by atoms with Crippen molar-refractivity contribution in [3.63, 3.8) is 0 Å². The summed E-state index contributed by atoms with van der Waals surface area (Å²) < 4.78 is 46.1. The van der Waals surface area contributed by atoms with Crippen molar-refractivity contribution in [2.45, 2.75) is 12.7 Å². The van der Waals surface area contributed by atoms with Gasteiger partial charge in [-0.05, 0) is 29.8 Å². The molecule has 0 atom stereocenters. The van der Waals surface area contributed by atoms with Crippen LogP contribution >= 0.6 is 0 Å². The first-order valence-corrected chi connectivity index (χ1v) is 11.9. The van der Waals surface area contributed by atoms with Crippen molar-refractivity contribution in [1.29, 1.82) is 0 Å². The number of rotatable bonds is 4. The van der Waals surface area contributed by atoms with Gasteiger partial charge in [0, 0.05) is 45.3 Å². The zero-order chi connectivity index (χ0) is 27.0. The zero-order valence-electron chi connectivity index (χ0n) is 20.8. The molecule has 198 valence electrons. The first-order chi connectivity index (χ1) is 18.2. The van der Waals surface area contributed by atoms with E-state index in [0.717, 1.165) is 22.3 Å². The number of halogens is 3. The average molecular weight is 527 g/mol. The third kappa shape index (κ3) is 4.86. The van der Waals surface area contributed by atoms with Gasteiger partial charge in [-0.2, -0.15) is 13.2 Å². The molecule has 4 aromatic rings. The van der Waals surface area contributed by atoms with Crippen LogP contribution in [-0.4, -0.2) is 68.2 Å². The van der Waals surface area contributed by atoms with E-state index in [1.807, 2.05) is 12.1 Å². The van der Waals surface area contributed by atoms with Gasteiger partial charge in [0.15, 0.2) is 11.5 Å². The highest BCUT2D eigenvalue weighted by Crippen LogP contribution is 2.29. The standard InChI is InChI=1S/C26H25F3N6O3/c1-32-23-21(15-30-22(31-23)18-4-3-5-20(14-18)38-2)35(24(32)36)25(37)34-12-10-33(11-13-34)16-17-6-8-19(9-7-17)26(27,28)29/h3-9,14-15H,10-13,16H2,1-2H3. The van der Waals surface area contributed by atoms with Gasteiger partial charge in [-0.25, -0.2) is 24.1 Å². The maximum atomic E-state index is 13.4. The minimum Gasteiger partial charge on any atom is -0.497 e. The number of hydrogen-bond acceptors (Lipinski definition) is 6. The van der Waals surface area contributed by atoms with Crippen molar-refractivity contribution in [2.75, 3.05) is 33.3 Å². The quantitative estimate of drug-likeness (QED) is 0.404. The normalized spacial score (nSPS) is 14.7. The first kappa shape index (κ1) is 25.5. The number of hydrogen-bond donors (Lipinski definition) is 0.